The zero-order chi connectivity index (χ0) is 16.9. The van der Waals surface area contributed by atoms with Gasteiger partial charge in [0.05, 0.1) is 11.4 Å². The van der Waals surface area contributed by atoms with Crippen molar-refractivity contribution in [3.8, 4) is 0 Å². The molecule has 0 atom stereocenters. The molecule has 9 heteroatoms. The molecule has 3 rings (SSSR count). The van der Waals surface area contributed by atoms with E-state index in [1.54, 1.807) is 18.2 Å². The summed E-state index contributed by atoms with van der Waals surface area (Å²) in [7, 11) is 0. The fourth-order valence-electron chi connectivity index (χ4n) is 2.09. The van der Waals surface area contributed by atoms with Crippen molar-refractivity contribution < 1.29 is 9.42 Å². The Morgan fingerprint density at radius 2 is 2.17 bits per heavy atom. The van der Waals surface area contributed by atoms with Crippen molar-refractivity contribution in [2.24, 2.45) is 5.92 Å². The van der Waals surface area contributed by atoms with Gasteiger partial charge in [-0.05, 0) is 34.9 Å². The molecule has 0 aliphatic carbocycles. The van der Waals surface area contributed by atoms with E-state index in [9.17, 15) is 4.79 Å². The summed E-state index contributed by atoms with van der Waals surface area (Å²) in [5, 5.41) is 18.7. The molecule has 8 nitrogen and oxygen atoms in total. The molecule has 24 heavy (non-hydrogen) atoms. The fourth-order valence-corrected chi connectivity index (χ4v) is 2.80. The largest absolute Gasteiger partial charge is 0.325 e. The highest BCUT2D eigenvalue weighted by atomic mass is 32.1. The lowest BCUT2D eigenvalue weighted by molar-refractivity contribution is 0.262. The van der Waals surface area contributed by atoms with Crippen molar-refractivity contribution in [3.05, 3.63) is 29.3 Å². The van der Waals surface area contributed by atoms with E-state index in [4.69, 9.17) is 0 Å². The number of urea groups is 1. The van der Waals surface area contributed by atoms with Gasteiger partial charge in [-0.3, -0.25) is 5.32 Å². The van der Waals surface area contributed by atoms with E-state index in [-0.39, 0.29) is 6.03 Å². The van der Waals surface area contributed by atoms with Crippen molar-refractivity contribution in [2.75, 3.05) is 17.2 Å². The van der Waals surface area contributed by atoms with Crippen LogP contribution < -0.4 is 16.0 Å². The lowest BCUT2D eigenvalue weighted by atomic mass is 10.2. The Balaban J connectivity index is 1.57. The third-order valence-electron chi connectivity index (χ3n) is 3.17. The minimum absolute atomic E-state index is 0.387. The lowest BCUT2D eigenvalue weighted by Crippen LogP contribution is -2.20. The third kappa shape index (κ3) is 4.06. The molecule has 0 spiro atoms. The molecule has 0 aliphatic heterocycles. The molecular formula is C15H18N6O2S. The van der Waals surface area contributed by atoms with Gasteiger partial charge in [-0.1, -0.05) is 19.9 Å². The Kier molecular flexibility index (Phi) is 5.02. The van der Waals surface area contributed by atoms with E-state index >= 15 is 0 Å². The van der Waals surface area contributed by atoms with Crippen LogP contribution in [0.3, 0.4) is 0 Å². The second-order valence-electron chi connectivity index (χ2n) is 5.69. The Morgan fingerprint density at radius 3 is 3.00 bits per heavy atom. The van der Waals surface area contributed by atoms with Crippen molar-refractivity contribution in [3.63, 3.8) is 0 Å². The minimum atomic E-state index is -0.387. The number of benzene rings is 1. The number of carbonyl (C=O) groups excluding carboxylic acids is 1. The topological polar surface area (TPSA) is 105 Å². The number of thiazole rings is 1. The fraction of sp³-hybridized carbons (Fsp3) is 0.333. The van der Waals surface area contributed by atoms with Gasteiger partial charge in [0.1, 0.15) is 5.52 Å². The Bertz CT molecular complexity index is 828. The highest BCUT2D eigenvalue weighted by molar-refractivity contribution is 7.13. The van der Waals surface area contributed by atoms with E-state index in [1.807, 2.05) is 5.38 Å². The van der Waals surface area contributed by atoms with Gasteiger partial charge in [0, 0.05) is 11.9 Å². The highest BCUT2D eigenvalue weighted by Gasteiger charge is 2.11. The van der Waals surface area contributed by atoms with Crippen LogP contribution in [0, 0.1) is 5.92 Å². The maximum absolute atomic E-state index is 12.1. The van der Waals surface area contributed by atoms with E-state index in [1.165, 1.54) is 11.3 Å². The van der Waals surface area contributed by atoms with Crippen LogP contribution in [0.4, 0.5) is 15.6 Å². The van der Waals surface area contributed by atoms with Crippen LogP contribution in [0.25, 0.3) is 11.0 Å². The van der Waals surface area contributed by atoms with Crippen molar-refractivity contribution in [2.45, 2.75) is 20.4 Å². The molecule has 0 aliphatic rings. The molecule has 0 saturated carbocycles. The first kappa shape index (κ1) is 16.3. The van der Waals surface area contributed by atoms with Crippen LogP contribution in [-0.4, -0.2) is 27.9 Å². The predicted molar refractivity (Wildman–Crippen MR) is 93.1 cm³/mol. The maximum atomic E-state index is 12.1. The lowest BCUT2D eigenvalue weighted by Gasteiger charge is -2.05. The Hall–Kier alpha value is -2.52. The van der Waals surface area contributed by atoms with Gasteiger partial charge in [0.15, 0.2) is 10.6 Å². The van der Waals surface area contributed by atoms with Gasteiger partial charge in [-0.15, -0.1) is 11.3 Å². The van der Waals surface area contributed by atoms with Crippen molar-refractivity contribution in [1.82, 2.24) is 20.6 Å². The molecule has 2 amide bonds. The maximum Gasteiger partial charge on any atom is 0.325 e. The van der Waals surface area contributed by atoms with Crippen LogP contribution in [-0.2, 0) is 6.54 Å². The first-order valence-corrected chi connectivity index (χ1v) is 8.44. The monoisotopic (exact) mass is 346 g/mol. The number of anilines is 2. The van der Waals surface area contributed by atoms with Crippen LogP contribution in [0.2, 0.25) is 0 Å². The van der Waals surface area contributed by atoms with Gasteiger partial charge in [-0.2, -0.15) is 0 Å². The van der Waals surface area contributed by atoms with E-state index in [2.05, 4.69) is 49.7 Å². The van der Waals surface area contributed by atoms with Gasteiger partial charge in [-0.25, -0.2) is 14.4 Å². The molecule has 1 aromatic carbocycles. The van der Waals surface area contributed by atoms with Crippen molar-refractivity contribution in [1.29, 1.82) is 0 Å². The molecule has 0 bridgehead atoms. The SMILES string of the molecule is CC(C)CNCc1csc(NC(=O)Nc2cccc3nonc23)n1. The summed E-state index contributed by atoms with van der Waals surface area (Å²) in [6, 6.07) is 4.87. The number of amides is 2. The van der Waals surface area contributed by atoms with Crippen LogP contribution in [0.1, 0.15) is 19.5 Å². The first-order valence-electron chi connectivity index (χ1n) is 7.56. The molecule has 3 N–H and O–H groups in total. The molecule has 0 saturated heterocycles. The summed E-state index contributed by atoms with van der Waals surface area (Å²) in [5.41, 5.74) is 2.52. The number of rotatable bonds is 6. The van der Waals surface area contributed by atoms with Crippen LogP contribution >= 0.6 is 11.3 Å². The molecule has 3 aromatic rings. The number of carbonyl (C=O) groups is 1. The second kappa shape index (κ2) is 7.37. The quantitative estimate of drug-likeness (QED) is 0.633. The molecule has 0 radical (unpaired) electrons. The first-order chi connectivity index (χ1) is 11.6. The van der Waals surface area contributed by atoms with E-state index in [0.717, 1.165) is 12.2 Å². The summed E-state index contributed by atoms with van der Waals surface area (Å²) in [6.45, 7) is 5.91. The van der Waals surface area contributed by atoms with E-state index < -0.39 is 0 Å². The molecular weight excluding hydrogens is 328 g/mol. The number of nitrogens with one attached hydrogen (secondary N) is 3. The number of hydrogen-bond donors (Lipinski definition) is 3. The molecule has 0 unspecified atom stereocenters. The average Bonchev–Trinajstić information content (AvgIpc) is 3.16. The molecule has 2 aromatic heterocycles. The number of fused-ring (bicyclic) bond motifs is 1. The molecule has 126 valence electrons. The number of hydrogen-bond acceptors (Lipinski definition) is 7. The summed E-state index contributed by atoms with van der Waals surface area (Å²) in [4.78, 5) is 16.5. The number of aromatic nitrogens is 3. The Labute approximate surface area is 142 Å². The smallest absolute Gasteiger partial charge is 0.311 e. The Morgan fingerprint density at radius 1 is 1.29 bits per heavy atom. The van der Waals surface area contributed by atoms with Gasteiger partial charge >= 0.3 is 6.03 Å². The zero-order valence-electron chi connectivity index (χ0n) is 13.4. The average molecular weight is 346 g/mol. The summed E-state index contributed by atoms with van der Waals surface area (Å²) in [5.74, 6) is 0.584. The van der Waals surface area contributed by atoms with E-state index in [0.29, 0.717) is 34.3 Å². The van der Waals surface area contributed by atoms with Crippen LogP contribution in [0.15, 0.2) is 28.2 Å². The predicted octanol–water partition coefficient (Wildman–Crippen LogP) is 3.07. The summed E-state index contributed by atoms with van der Waals surface area (Å²) in [6.07, 6.45) is 0. The van der Waals surface area contributed by atoms with Crippen molar-refractivity contribution >= 4 is 39.2 Å². The standard InChI is InChI=1S/C15H18N6O2S/c1-9(2)6-16-7-10-8-24-15(17-10)19-14(22)18-11-4-3-5-12-13(11)21-23-20-12/h3-5,8-9,16H,6-7H2,1-2H3,(H2,17,18,19,22). The molecule has 0 fully saturated rings. The second-order valence-corrected chi connectivity index (χ2v) is 6.54. The molecule has 2 heterocycles. The zero-order valence-corrected chi connectivity index (χ0v) is 14.2. The summed E-state index contributed by atoms with van der Waals surface area (Å²) < 4.78 is 4.67. The van der Waals surface area contributed by atoms with Gasteiger partial charge in [0.2, 0.25) is 0 Å². The number of nitrogens with zero attached hydrogens (tertiary/aromatic N) is 3. The van der Waals surface area contributed by atoms with Gasteiger partial charge in [0.25, 0.3) is 0 Å². The highest BCUT2D eigenvalue weighted by Crippen LogP contribution is 2.20. The third-order valence-corrected chi connectivity index (χ3v) is 3.97. The van der Waals surface area contributed by atoms with Crippen LogP contribution in [0.5, 0.6) is 0 Å². The minimum Gasteiger partial charge on any atom is -0.311 e. The van der Waals surface area contributed by atoms with Gasteiger partial charge < -0.3 is 10.6 Å². The normalized spacial score (nSPS) is 11.1. The summed E-state index contributed by atoms with van der Waals surface area (Å²) >= 11 is 1.38.